The minimum atomic E-state index is -4.22. The third kappa shape index (κ3) is 6.07. The zero-order valence-corrected chi connectivity index (χ0v) is 25.4. The van der Waals surface area contributed by atoms with Crippen LogP contribution in [0.4, 0.5) is 4.39 Å². The molecule has 42 heavy (non-hydrogen) atoms. The quantitative estimate of drug-likeness (QED) is 0.275. The Morgan fingerprint density at radius 1 is 1.12 bits per heavy atom. The van der Waals surface area contributed by atoms with Gasteiger partial charge in [-0.05, 0) is 6.42 Å². The third-order valence-corrected chi connectivity index (χ3v) is 10.5. The average molecular weight is 666 g/mol. The number of fused-ring (bicyclic) bond motifs is 4. The second-order valence-corrected chi connectivity index (χ2v) is 15.8. The second kappa shape index (κ2) is 11.6. The molecule has 0 radical (unpaired) electrons. The summed E-state index contributed by atoms with van der Waals surface area (Å²) in [4.78, 5) is 24.6. The molecular formula is C22H26FN5O10P2S2. The Morgan fingerprint density at radius 3 is 2.64 bits per heavy atom. The molecule has 228 valence electrons. The number of aromatic nitrogens is 5. The molecule has 0 spiro atoms. The number of thiol groups is 2. The molecular weight excluding hydrogens is 639 g/mol. The van der Waals surface area contributed by atoms with Crippen molar-refractivity contribution in [1.82, 2.24) is 24.1 Å². The number of aliphatic hydroxyl groups excluding tert-OH is 1. The molecule has 3 fully saturated rings. The molecule has 3 aromatic heterocycles. The van der Waals surface area contributed by atoms with E-state index in [1.807, 2.05) is 0 Å². The van der Waals surface area contributed by atoms with Crippen LogP contribution in [0.5, 0.6) is 5.88 Å². The molecule has 1 saturated carbocycles. The molecule has 0 amide bonds. The Bertz CT molecular complexity index is 1630. The highest BCUT2D eigenvalue weighted by atomic mass is 32.7. The fourth-order valence-electron chi connectivity index (χ4n) is 5.27. The maximum atomic E-state index is 14.9. The lowest BCUT2D eigenvalue weighted by Gasteiger charge is -2.26. The summed E-state index contributed by atoms with van der Waals surface area (Å²) in [5.41, 5.74) is -0.760. The van der Waals surface area contributed by atoms with E-state index in [0.717, 1.165) is 15.3 Å². The van der Waals surface area contributed by atoms with Gasteiger partial charge in [-0.1, -0.05) is 24.5 Å². The second-order valence-electron chi connectivity index (χ2n) is 10.1. The van der Waals surface area contributed by atoms with Crippen LogP contribution in [0, 0.1) is 11.7 Å². The van der Waals surface area contributed by atoms with E-state index in [2.05, 4.69) is 39.4 Å². The molecule has 1 N–H and O–H groups in total. The van der Waals surface area contributed by atoms with E-state index >= 15 is 0 Å². The van der Waals surface area contributed by atoms with Crippen molar-refractivity contribution in [3.63, 3.8) is 0 Å². The van der Waals surface area contributed by atoms with E-state index in [0.29, 0.717) is 12.3 Å². The summed E-state index contributed by atoms with van der Waals surface area (Å²) in [5, 5.41) is 10.8. The predicted molar refractivity (Wildman–Crippen MR) is 149 cm³/mol. The zero-order valence-electron chi connectivity index (χ0n) is 21.8. The van der Waals surface area contributed by atoms with Crippen LogP contribution in [-0.4, -0.2) is 72.9 Å². The summed E-state index contributed by atoms with van der Waals surface area (Å²) in [7, 11) is 1.41. The molecule has 2 aliphatic heterocycles. The van der Waals surface area contributed by atoms with Gasteiger partial charge in [-0.25, -0.2) is 28.5 Å². The van der Waals surface area contributed by atoms with Gasteiger partial charge in [0.2, 0.25) is 5.88 Å². The monoisotopic (exact) mass is 665 g/mol. The summed E-state index contributed by atoms with van der Waals surface area (Å²) >= 11 is 8.22. The van der Waals surface area contributed by atoms with Crippen LogP contribution >= 0.6 is 38.1 Å². The average Bonchev–Trinajstić information content (AvgIpc) is 3.57. The van der Waals surface area contributed by atoms with Crippen LogP contribution < -0.4 is 10.3 Å². The molecule has 5 heterocycles. The normalized spacial score (nSPS) is 37.5. The molecule has 3 aromatic rings. The molecule has 20 heteroatoms. The highest BCUT2D eigenvalue weighted by molar-refractivity contribution is 8.44. The Morgan fingerprint density at radius 2 is 1.88 bits per heavy atom. The van der Waals surface area contributed by atoms with Gasteiger partial charge >= 0.3 is 13.6 Å². The van der Waals surface area contributed by atoms with E-state index in [4.69, 9.17) is 27.6 Å². The minimum absolute atomic E-state index is 0.106. The smallest absolute Gasteiger partial charge is 0.386 e. The van der Waals surface area contributed by atoms with Crippen molar-refractivity contribution in [2.24, 2.45) is 13.0 Å². The molecule has 6 rings (SSSR count). The number of ether oxygens (including phenoxy) is 2. The summed E-state index contributed by atoms with van der Waals surface area (Å²) in [6, 6.07) is 1.58. The topological polar surface area (TPSA) is 175 Å². The number of hydrogen-bond donors (Lipinski definition) is 3. The summed E-state index contributed by atoms with van der Waals surface area (Å²) in [6.07, 6.45) is -1.18. The van der Waals surface area contributed by atoms with Crippen LogP contribution in [0.1, 0.15) is 19.1 Å². The van der Waals surface area contributed by atoms with Crippen molar-refractivity contribution in [2.45, 2.75) is 49.6 Å². The van der Waals surface area contributed by atoms with Crippen molar-refractivity contribution in [1.29, 1.82) is 0 Å². The van der Waals surface area contributed by atoms with Gasteiger partial charge in [0.05, 0.1) is 25.6 Å². The molecule has 2 bridgehead atoms. The number of aryl methyl sites for hydroxylation is 1. The highest BCUT2D eigenvalue weighted by Crippen LogP contribution is 2.60. The fraction of sp³-hybridized carbons (Fsp3) is 0.545. The van der Waals surface area contributed by atoms with Crippen LogP contribution in [0.3, 0.4) is 0 Å². The molecule has 1 aliphatic carbocycles. The largest absolute Gasteiger partial charge is 0.474 e. The van der Waals surface area contributed by atoms with Gasteiger partial charge < -0.3 is 28.2 Å². The van der Waals surface area contributed by atoms with Gasteiger partial charge in [0.25, 0.3) is 5.56 Å². The highest BCUT2D eigenvalue weighted by Gasteiger charge is 2.51. The first kappa shape index (κ1) is 30.2. The van der Waals surface area contributed by atoms with Gasteiger partial charge in [-0.15, -0.1) is 0 Å². The first-order chi connectivity index (χ1) is 19.9. The summed E-state index contributed by atoms with van der Waals surface area (Å²) < 4.78 is 78.2. The molecule has 0 unspecified atom stereocenters. The summed E-state index contributed by atoms with van der Waals surface area (Å²) in [5.74, 6) is -1.06. The van der Waals surface area contributed by atoms with Crippen molar-refractivity contribution in [3.05, 3.63) is 47.3 Å². The Kier molecular flexibility index (Phi) is 8.32. The maximum Gasteiger partial charge on any atom is 0.386 e. The van der Waals surface area contributed by atoms with Crippen LogP contribution in [0.25, 0.3) is 11.0 Å². The number of rotatable bonds is 3. The molecule has 3 aliphatic rings. The van der Waals surface area contributed by atoms with Crippen molar-refractivity contribution >= 4 is 49.1 Å². The van der Waals surface area contributed by atoms with E-state index in [1.54, 1.807) is 6.07 Å². The van der Waals surface area contributed by atoms with E-state index in [9.17, 15) is 23.4 Å². The first-order valence-corrected chi connectivity index (χ1v) is 18.1. The number of nitrogens with zero attached hydrogens (tertiary/aromatic N) is 5. The standard InChI is InChI=1S/C22H26FN5O10P2S2/c1-27-10-26-20-17(21(27)30)13(23)6-28(20)22-19-18(29)15(36-22)8-34-39(31,41)37-14-5-12(35-16-2-3-24-9-25-16)4-11(14)7-33-40(32,42)38-19/h2-3,6,9-12,14-15,18-19,22,29H,4-5,7-8H2,1H3,(H,31,41)(H,32,42)/t11-,12-,14+,15-,18-,19-,22-,39+,40-/m1/s1. The summed E-state index contributed by atoms with van der Waals surface area (Å²) in [6.45, 7) is -8.98. The predicted octanol–water partition coefficient (Wildman–Crippen LogP) is 2.67. The van der Waals surface area contributed by atoms with E-state index in [-0.39, 0.29) is 24.1 Å². The fourth-order valence-corrected chi connectivity index (χ4v) is 8.33. The Hall–Kier alpha value is -1.85. The van der Waals surface area contributed by atoms with Gasteiger partial charge in [-0.2, -0.15) is 0 Å². The van der Waals surface area contributed by atoms with Crippen LogP contribution in [0.2, 0.25) is 0 Å². The zero-order chi connectivity index (χ0) is 29.8. The molecule has 0 aromatic carbocycles. The van der Waals surface area contributed by atoms with E-state index in [1.165, 1.54) is 25.9 Å². The van der Waals surface area contributed by atoms with Crippen LogP contribution in [-0.2, 0) is 39.0 Å². The first-order valence-electron chi connectivity index (χ1n) is 12.7. The van der Waals surface area contributed by atoms with Crippen molar-refractivity contribution in [3.8, 4) is 5.88 Å². The third-order valence-electron chi connectivity index (χ3n) is 7.24. The lowest BCUT2D eigenvalue weighted by Crippen LogP contribution is -2.35. The lowest BCUT2D eigenvalue weighted by molar-refractivity contribution is -0.0487. The molecule has 9 atom stereocenters. The Balaban J connectivity index is 1.29. The van der Waals surface area contributed by atoms with Gasteiger partial charge in [0.1, 0.15) is 36.1 Å². The number of hydrogen-bond acceptors (Lipinski definition) is 13. The lowest BCUT2D eigenvalue weighted by atomic mass is 10.1. The maximum absolute atomic E-state index is 14.9. The Labute approximate surface area is 248 Å². The molecule has 2 saturated heterocycles. The molecule has 15 nitrogen and oxygen atoms in total. The van der Waals surface area contributed by atoms with Gasteiger partial charge in [0, 0.05) is 37.8 Å². The van der Waals surface area contributed by atoms with Crippen LogP contribution in [0.15, 0.2) is 35.9 Å². The van der Waals surface area contributed by atoms with Gasteiger partial charge in [-0.3, -0.25) is 18.4 Å². The minimum Gasteiger partial charge on any atom is -0.474 e. The van der Waals surface area contributed by atoms with Crippen molar-refractivity contribution in [2.75, 3.05) is 13.2 Å². The van der Waals surface area contributed by atoms with Gasteiger partial charge in [0.15, 0.2) is 17.7 Å². The van der Waals surface area contributed by atoms with E-state index < -0.39 is 74.2 Å². The van der Waals surface area contributed by atoms with Crippen molar-refractivity contribution < 1.29 is 46.2 Å². The number of halogens is 1. The SMILES string of the molecule is Cn1cnc2c(c(F)cn2[C@@H]2O[C@@H]3CO[P@](=O)(S)O[C@H]4C[C@H](Oc5ccncn5)C[C@@H]4CO[P@@](=O)(S)O[C@@H]2[C@@H]3O)c1=O. The number of aliphatic hydroxyl groups is 1.